The molecule has 0 aromatic carbocycles. The Bertz CT molecular complexity index is 150. The summed E-state index contributed by atoms with van der Waals surface area (Å²) in [7, 11) is 0. The minimum Gasteiger partial charge on any atom is -0.394 e. The van der Waals surface area contributed by atoms with Crippen molar-refractivity contribution >= 4 is 0 Å². The van der Waals surface area contributed by atoms with Crippen LogP contribution in [0.4, 0.5) is 0 Å². The Morgan fingerprint density at radius 1 is 1.17 bits per heavy atom. The predicted octanol–water partition coefficient (Wildman–Crippen LogP) is -3.26. The fraction of sp³-hybridized carbons (Fsp3) is 1.00. The Kier molecular flexibility index (Phi) is 2.99. The van der Waals surface area contributed by atoms with E-state index in [9.17, 15) is 10.2 Å². The minimum atomic E-state index is -1.35. The van der Waals surface area contributed by atoms with Crippen LogP contribution in [0.2, 0.25) is 0 Å². The van der Waals surface area contributed by atoms with Gasteiger partial charge >= 0.3 is 0 Å². The normalized spacial score (nSPS) is 49.2. The second kappa shape index (κ2) is 3.65. The average molecular weight is 179 g/mol. The van der Waals surface area contributed by atoms with Crippen LogP contribution in [-0.2, 0) is 4.74 Å². The lowest BCUT2D eigenvalue weighted by Crippen LogP contribution is -2.61. The maximum absolute atomic E-state index is 9.20. The molecule has 0 spiro atoms. The van der Waals surface area contributed by atoms with E-state index in [4.69, 9.17) is 20.7 Å². The highest BCUT2D eigenvalue weighted by molar-refractivity contribution is 4.90. The molecule has 0 unspecified atom stereocenters. The van der Waals surface area contributed by atoms with Crippen LogP contribution in [0, 0.1) is 0 Å². The Hall–Kier alpha value is -0.240. The molecule has 1 aliphatic rings. The smallest absolute Gasteiger partial charge is 0.173 e. The third-order valence-corrected chi connectivity index (χ3v) is 1.95. The van der Waals surface area contributed by atoms with E-state index >= 15 is 0 Å². The molecule has 1 saturated heterocycles. The van der Waals surface area contributed by atoms with Crippen LogP contribution in [0.5, 0.6) is 0 Å². The summed E-state index contributed by atoms with van der Waals surface area (Å²) in [6.07, 6.45) is -4.85. The molecule has 0 aromatic rings. The van der Waals surface area contributed by atoms with Crippen LogP contribution in [0.1, 0.15) is 0 Å². The molecule has 0 aromatic heterocycles. The SMILES string of the molecule is N[C@H]1[C@@H](O)[C@@H](O)[C@H](CO)O[C@H]1O. The van der Waals surface area contributed by atoms with E-state index in [0.29, 0.717) is 0 Å². The first kappa shape index (κ1) is 9.85. The average Bonchev–Trinajstić information content (AvgIpc) is 2.08. The van der Waals surface area contributed by atoms with E-state index in [1.54, 1.807) is 0 Å². The molecule has 6 nitrogen and oxygen atoms in total. The summed E-state index contributed by atoms with van der Waals surface area (Å²) in [5.74, 6) is 0. The number of aliphatic hydroxyl groups is 4. The summed E-state index contributed by atoms with van der Waals surface area (Å²) < 4.78 is 4.70. The summed E-state index contributed by atoms with van der Waals surface area (Å²) in [5, 5.41) is 36.1. The highest BCUT2D eigenvalue weighted by Crippen LogP contribution is 2.17. The van der Waals surface area contributed by atoms with E-state index in [1.807, 2.05) is 0 Å². The fourth-order valence-corrected chi connectivity index (χ4v) is 1.12. The van der Waals surface area contributed by atoms with Crippen molar-refractivity contribution < 1.29 is 25.2 Å². The fourth-order valence-electron chi connectivity index (χ4n) is 1.12. The number of hydrogen-bond acceptors (Lipinski definition) is 6. The van der Waals surface area contributed by atoms with Gasteiger partial charge in [0.25, 0.3) is 0 Å². The summed E-state index contributed by atoms with van der Waals surface area (Å²) in [4.78, 5) is 0. The van der Waals surface area contributed by atoms with Crippen LogP contribution < -0.4 is 5.73 Å². The number of ether oxygens (including phenoxy) is 1. The van der Waals surface area contributed by atoms with Crippen molar-refractivity contribution in [2.24, 2.45) is 5.73 Å². The van der Waals surface area contributed by atoms with Crippen LogP contribution >= 0.6 is 0 Å². The van der Waals surface area contributed by atoms with Crippen LogP contribution in [-0.4, -0.2) is 57.7 Å². The third-order valence-electron chi connectivity index (χ3n) is 1.95. The van der Waals surface area contributed by atoms with Gasteiger partial charge in [-0.3, -0.25) is 0 Å². The maximum Gasteiger partial charge on any atom is 0.173 e. The largest absolute Gasteiger partial charge is 0.394 e. The van der Waals surface area contributed by atoms with Crippen LogP contribution in [0.15, 0.2) is 0 Å². The Labute approximate surface area is 69.2 Å². The van der Waals surface area contributed by atoms with Gasteiger partial charge in [-0.15, -0.1) is 0 Å². The first-order valence-electron chi connectivity index (χ1n) is 3.64. The molecule has 0 aliphatic carbocycles. The van der Waals surface area contributed by atoms with Crippen LogP contribution in [0.3, 0.4) is 0 Å². The summed E-state index contributed by atoms with van der Waals surface area (Å²) in [6.45, 7) is -0.470. The molecule has 0 amide bonds. The molecule has 0 radical (unpaired) electrons. The third kappa shape index (κ3) is 1.58. The van der Waals surface area contributed by atoms with E-state index in [2.05, 4.69) is 0 Å². The van der Waals surface area contributed by atoms with E-state index in [-0.39, 0.29) is 0 Å². The molecule has 5 atom stereocenters. The van der Waals surface area contributed by atoms with Crippen LogP contribution in [0.25, 0.3) is 0 Å². The standard InChI is InChI=1S/C6H13NO5/c7-3-5(10)4(9)2(1-8)12-6(3)11/h2-6,8-11H,1,7H2/t2-,3-,4-,5+,6+/m0/s1. The zero-order chi connectivity index (χ0) is 9.30. The zero-order valence-electron chi connectivity index (χ0n) is 6.37. The van der Waals surface area contributed by atoms with Crippen molar-refractivity contribution in [1.29, 1.82) is 0 Å². The number of hydrogen-bond donors (Lipinski definition) is 5. The number of nitrogens with two attached hydrogens (primary N) is 1. The van der Waals surface area contributed by atoms with Gasteiger partial charge in [0.15, 0.2) is 6.29 Å². The van der Waals surface area contributed by atoms with Gasteiger partial charge in [-0.25, -0.2) is 0 Å². The topological polar surface area (TPSA) is 116 Å². The summed E-state index contributed by atoms with van der Waals surface area (Å²) in [6, 6.07) is -1.04. The van der Waals surface area contributed by atoms with Gasteiger partial charge in [0.2, 0.25) is 0 Å². The molecule has 72 valence electrons. The molecule has 6 N–H and O–H groups in total. The van der Waals surface area contributed by atoms with Crippen molar-refractivity contribution in [2.75, 3.05) is 6.61 Å². The van der Waals surface area contributed by atoms with Gasteiger partial charge < -0.3 is 30.9 Å². The molecule has 1 fully saturated rings. The Balaban J connectivity index is 2.63. The number of rotatable bonds is 1. The lowest BCUT2D eigenvalue weighted by Gasteiger charge is -2.38. The highest BCUT2D eigenvalue weighted by atomic mass is 16.6. The van der Waals surface area contributed by atoms with E-state index in [1.165, 1.54) is 0 Å². The summed E-state index contributed by atoms with van der Waals surface area (Å²) in [5.41, 5.74) is 5.26. The van der Waals surface area contributed by atoms with Gasteiger partial charge in [-0.2, -0.15) is 0 Å². The van der Waals surface area contributed by atoms with Gasteiger partial charge in [0, 0.05) is 0 Å². The lowest BCUT2D eigenvalue weighted by molar-refractivity contribution is -0.248. The lowest BCUT2D eigenvalue weighted by atomic mass is 9.98. The van der Waals surface area contributed by atoms with Crippen molar-refractivity contribution in [3.63, 3.8) is 0 Å². The predicted molar refractivity (Wildman–Crippen MR) is 38.0 cm³/mol. The molecule has 1 rings (SSSR count). The van der Waals surface area contributed by atoms with Gasteiger partial charge in [-0.1, -0.05) is 0 Å². The minimum absolute atomic E-state index is 0.470. The molecule has 6 heteroatoms. The molecular weight excluding hydrogens is 166 g/mol. The maximum atomic E-state index is 9.20. The molecular formula is C6H13NO5. The molecule has 0 saturated carbocycles. The van der Waals surface area contributed by atoms with Crippen molar-refractivity contribution in [1.82, 2.24) is 0 Å². The highest BCUT2D eigenvalue weighted by Gasteiger charge is 2.41. The van der Waals surface area contributed by atoms with Gasteiger partial charge in [-0.05, 0) is 0 Å². The zero-order valence-corrected chi connectivity index (χ0v) is 6.37. The van der Waals surface area contributed by atoms with E-state index in [0.717, 1.165) is 0 Å². The Morgan fingerprint density at radius 3 is 2.25 bits per heavy atom. The van der Waals surface area contributed by atoms with Crippen molar-refractivity contribution in [3.8, 4) is 0 Å². The van der Waals surface area contributed by atoms with E-state index < -0.39 is 37.3 Å². The molecule has 12 heavy (non-hydrogen) atoms. The molecule has 1 aliphatic heterocycles. The molecule has 0 bridgehead atoms. The van der Waals surface area contributed by atoms with Gasteiger partial charge in [0.1, 0.15) is 18.3 Å². The second-order valence-electron chi connectivity index (χ2n) is 2.81. The first-order valence-corrected chi connectivity index (χ1v) is 3.64. The van der Waals surface area contributed by atoms with Crippen molar-refractivity contribution in [2.45, 2.75) is 30.6 Å². The quantitative estimate of drug-likeness (QED) is 0.288. The van der Waals surface area contributed by atoms with Crippen molar-refractivity contribution in [3.05, 3.63) is 0 Å². The number of aliphatic hydroxyl groups excluding tert-OH is 4. The molecule has 1 heterocycles. The monoisotopic (exact) mass is 179 g/mol. The Morgan fingerprint density at radius 2 is 1.75 bits per heavy atom. The summed E-state index contributed by atoms with van der Waals surface area (Å²) >= 11 is 0. The van der Waals surface area contributed by atoms with Gasteiger partial charge in [0.05, 0.1) is 12.6 Å². The first-order chi connectivity index (χ1) is 5.57. The second-order valence-corrected chi connectivity index (χ2v) is 2.81.